The van der Waals surface area contributed by atoms with Crippen LogP contribution in [0.5, 0.6) is 0 Å². The summed E-state index contributed by atoms with van der Waals surface area (Å²) in [6.07, 6.45) is 0. The molecule has 0 aromatic heterocycles. The van der Waals surface area contributed by atoms with Crippen molar-refractivity contribution in [1.29, 1.82) is 5.26 Å². The van der Waals surface area contributed by atoms with E-state index in [0.717, 1.165) is 5.56 Å². The van der Waals surface area contributed by atoms with Gasteiger partial charge in [0.1, 0.15) is 0 Å². The first-order valence-corrected chi connectivity index (χ1v) is 7.90. The van der Waals surface area contributed by atoms with Crippen LogP contribution in [-0.4, -0.2) is 8.42 Å². The smallest absolute Gasteiger partial charge is 0.236 e. The molecule has 0 heterocycles. The van der Waals surface area contributed by atoms with Crippen LogP contribution in [0.3, 0.4) is 0 Å². The lowest BCUT2D eigenvalue weighted by molar-refractivity contribution is 0.600. The highest BCUT2D eigenvalue weighted by Gasteiger charge is 2.13. The van der Waals surface area contributed by atoms with E-state index in [1.165, 1.54) is 6.07 Å². The molecule has 0 aliphatic rings. The Kier molecular flexibility index (Phi) is 4.15. The van der Waals surface area contributed by atoms with Gasteiger partial charge in [-0.2, -0.15) is 5.26 Å². The molecule has 6 heteroatoms. The van der Waals surface area contributed by atoms with Gasteiger partial charge in [-0.15, -0.1) is 0 Å². The summed E-state index contributed by atoms with van der Waals surface area (Å²) in [5.74, 6) is -0.149. The van der Waals surface area contributed by atoms with Crippen molar-refractivity contribution in [2.45, 2.75) is 12.7 Å². The Morgan fingerprint density at radius 3 is 2.48 bits per heavy atom. The number of aryl methyl sites for hydroxylation is 1. The summed E-state index contributed by atoms with van der Waals surface area (Å²) in [4.78, 5) is 0. The third-order valence-electron chi connectivity index (χ3n) is 2.97. The molecular weight excluding hydrogens is 286 g/mol. The first kappa shape index (κ1) is 14.9. The monoisotopic (exact) mass is 301 g/mol. The average Bonchev–Trinajstić information content (AvgIpc) is 2.43. The zero-order chi connectivity index (χ0) is 15.5. The number of nitriles is 1. The van der Waals surface area contributed by atoms with Gasteiger partial charge in [-0.1, -0.05) is 18.2 Å². The van der Waals surface area contributed by atoms with Gasteiger partial charge < -0.3 is 5.73 Å². The molecule has 0 spiro atoms. The summed E-state index contributed by atoms with van der Waals surface area (Å²) >= 11 is 0. The minimum Gasteiger partial charge on any atom is -0.399 e. The Balaban J connectivity index is 2.22. The first-order valence-electron chi connectivity index (χ1n) is 6.25. The van der Waals surface area contributed by atoms with Gasteiger partial charge in [-0.25, -0.2) is 8.42 Å². The second-order valence-corrected chi connectivity index (χ2v) is 6.47. The van der Waals surface area contributed by atoms with Gasteiger partial charge in [0.05, 0.1) is 23.1 Å². The maximum atomic E-state index is 12.2. The van der Waals surface area contributed by atoms with Crippen LogP contribution >= 0.6 is 0 Å². The van der Waals surface area contributed by atoms with E-state index >= 15 is 0 Å². The second kappa shape index (κ2) is 5.85. The third kappa shape index (κ3) is 3.97. The summed E-state index contributed by atoms with van der Waals surface area (Å²) < 4.78 is 26.9. The van der Waals surface area contributed by atoms with E-state index in [-0.39, 0.29) is 5.75 Å². The summed E-state index contributed by atoms with van der Waals surface area (Å²) in [6.45, 7) is 1.78. The molecule has 0 atom stereocenters. The van der Waals surface area contributed by atoms with Gasteiger partial charge in [0.2, 0.25) is 10.0 Å². The summed E-state index contributed by atoms with van der Waals surface area (Å²) in [5.41, 5.74) is 8.39. The van der Waals surface area contributed by atoms with E-state index in [9.17, 15) is 8.42 Å². The summed E-state index contributed by atoms with van der Waals surface area (Å²) in [5, 5.41) is 8.87. The van der Waals surface area contributed by atoms with E-state index in [0.29, 0.717) is 22.5 Å². The lowest BCUT2D eigenvalue weighted by Gasteiger charge is -2.11. The zero-order valence-corrected chi connectivity index (χ0v) is 12.3. The first-order chi connectivity index (χ1) is 9.89. The molecule has 0 saturated carbocycles. The van der Waals surface area contributed by atoms with Crippen LogP contribution in [-0.2, 0) is 15.8 Å². The normalized spacial score (nSPS) is 10.9. The van der Waals surface area contributed by atoms with Gasteiger partial charge in [0.15, 0.2) is 0 Å². The Morgan fingerprint density at radius 1 is 1.19 bits per heavy atom. The molecule has 2 rings (SSSR count). The number of hydrogen-bond acceptors (Lipinski definition) is 4. The largest absolute Gasteiger partial charge is 0.399 e. The van der Waals surface area contributed by atoms with Gasteiger partial charge in [0, 0.05) is 5.69 Å². The predicted octanol–water partition coefficient (Wildman–Crippen LogP) is 2.39. The molecule has 0 bridgehead atoms. The predicted molar refractivity (Wildman–Crippen MR) is 83.0 cm³/mol. The number of benzene rings is 2. The lowest BCUT2D eigenvalue weighted by Crippen LogP contribution is -2.16. The van der Waals surface area contributed by atoms with Crippen molar-refractivity contribution in [3.8, 4) is 6.07 Å². The highest BCUT2D eigenvalue weighted by Crippen LogP contribution is 2.19. The molecule has 0 aliphatic carbocycles. The molecule has 108 valence electrons. The van der Waals surface area contributed by atoms with Crippen LogP contribution in [0, 0.1) is 18.3 Å². The Labute approximate surface area is 124 Å². The molecule has 0 radical (unpaired) electrons. The van der Waals surface area contributed by atoms with E-state index in [1.807, 2.05) is 6.07 Å². The zero-order valence-electron chi connectivity index (χ0n) is 11.5. The van der Waals surface area contributed by atoms with E-state index in [2.05, 4.69) is 4.72 Å². The minimum absolute atomic E-state index is 0.149. The molecule has 5 nitrogen and oxygen atoms in total. The summed E-state index contributed by atoms with van der Waals surface area (Å²) in [6, 6.07) is 13.5. The van der Waals surface area contributed by atoms with Gasteiger partial charge >= 0.3 is 0 Å². The van der Waals surface area contributed by atoms with Crippen molar-refractivity contribution in [2.24, 2.45) is 0 Å². The number of sulfonamides is 1. The number of nitrogens with zero attached hydrogens (tertiary/aromatic N) is 1. The fourth-order valence-electron chi connectivity index (χ4n) is 1.84. The van der Waals surface area contributed by atoms with E-state index < -0.39 is 10.0 Å². The molecule has 3 N–H and O–H groups in total. The Bertz CT molecular complexity index is 791. The maximum Gasteiger partial charge on any atom is 0.236 e. The molecule has 0 saturated heterocycles. The molecule has 0 amide bonds. The van der Waals surface area contributed by atoms with Crippen LogP contribution in [0.1, 0.15) is 16.7 Å². The quantitative estimate of drug-likeness (QED) is 0.847. The minimum atomic E-state index is -3.55. The van der Waals surface area contributed by atoms with Gasteiger partial charge in [-0.05, 0) is 42.3 Å². The molecule has 2 aromatic carbocycles. The molecule has 0 unspecified atom stereocenters. The number of anilines is 2. The van der Waals surface area contributed by atoms with Crippen molar-refractivity contribution in [3.63, 3.8) is 0 Å². The van der Waals surface area contributed by atoms with E-state index in [4.69, 9.17) is 11.0 Å². The fourth-order valence-corrected chi connectivity index (χ4v) is 3.10. The average molecular weight is 301 g/mol. The summed E-state index contributed by atoms with van der Waals surface area (Å²) in [7, 11) is -3.55. The van der Waals surface area contributed by atoms with Crippen LogP contribution < -0.4 is 10.5 Å². The van der Waals surface area contributed by atoms with E-state index in [1.54, 1.807) is 43.3 Å². The fraction of sp³-hybridized carbons (Fsp3) is 0.133. The van der Waals surface area contributed by atoms with Crippen molar-refractivity contribution in [1.82, 2.24) is 0 Å². The lowest BCUT2D eigenvalue weighted by atomic mass is 10.1. The van der Waals surface area contributed by atoms with Crippen molar-refractivity contribution in [3.05, 3.63) is 59.2 Å². The van der Waals surface area contributed by atoms with Crippen LogP contribution in [0.15, 0.2) is 42.5 Å². The van der Waals surface area contributed by atoms with Gasteiger partial charge in [-0.3, -0.25) is 4.72 Å². The molecule has 0 fully saturated rings. The number of nitrogen functional groups attached to an aromatic ring is 1. The second-order valence-electron chi connectivity index (χ2n) is 4.74. The van der Waals surface area contributed by atoms with Crippen molar-refractivity contribution in [2.75, 3.05) is 10.5 Å². The topological polar surface area (TPSA) is 96.0 Å². The van der Waals surface area contributed by atoms with Crippen molar-refractivity contribution < 1.29 is 8.42 Å². The standard InChI is InChI=1S/C15H15N3O2S/c1-11-2-3-13(9-16)8-15(11)18-21(19,20)10-12-4-6-14(17)7-5-12/h2-8,18H,10,17H2,1H3. The molecular formula is C15H15N3O2S. The molecule has 21 heavy (non-hydrogen) atoms. The highest BCUT2D eigenvalue weighted by atomic mass is 32.2. The Morgan fingerprint density at radius 2 is 1.86 bits per heavy atom. The number of rotatable bonds is 4. The third-order valence-corrected chi connectivity index (χ3v) is 4.21. The number of nitrogens with two attached hydrogens (primary N) is 1. The molecule has 2 aromatic rings. The van der Waals surface area contributed by atoms with Crippen molar-refractivity contribution >= 4 is 21.4 Å². The molecule has 0 aliphatic heterocycles. The highest BCUT2D eigenvalue weighted by molar-refractivity contribution is 7.91. The van der Waals surface area contributed by atoms with Crippen LogP contribution in [0.2, 0.25) is 0 Å². The SMILES string of the molecule is Cc1ccc(C#N)cc1NS(=O)(=O)Cc1ccc(N)cc1. The number of hydrogen-bond donors (Lipinski definition) is 2. The Hall–Kier alpha value is -2.52. The van der Waals surface area contributed by atoms with Crippen LogP contribution in [0.25, 0.3) is 0 Å². The maximum absolute atomic E-state index is 12.2. The van der Waals surface area contributed by atoms with Crippen LogP contribution in [0.4, 0.5) is 11.4 Å². The van der Waals surface area contributed by atoms with Gasteiger partial charge in [0.25, 0.3) is 0 Å². The number of nitrogens with one attached hydrogen (secondary N) is 1.